The van der Waals surface area contributed by atoms with Crippen LogP contribution in [0.1, 0.15) is 5.82 Å². The Morgan fingerprint density at radius 2 is 2.16 bits per heavy atom. The maximum atomic E-state index is 4.46. The van der Waals surface area contributed by atoms with E-state index in [1.807, 2.05) is 25.2 Å². The lowest BCUT2D eigenvalue weighted by atomic mass is 10.2. The van der Waals surface area contributed by atoms with Gasteiger partial charge in [-0.1, -0.05) is 12.1 Å². The SMILES string of the molecule is Cn1ncnc1Cn1cnc(-c2cccc(I)c2)n1. The van der Waals surface area contributed by atoms with Gasteiger partial charge in [-0.05, 0) is 34.7 Å². The zero-order valence-electron chi connectivity index (χ0n) is 10.2. The van der Waals surface area contributed by atoms with E-state index in [1.54, 1.807) is 15.7 Å². The number of rotatable bonds is 3. The minimum Gasteiger partial charge on any atom is -0.251 e. The Bertz CT molecular complexity index is 702. The maximum absolute atomic E-state index is 4.46. The number of aryl methyl sites for hydroxylation is 1. The normalized spacial score (nSPS) is 10.8. The molecule has 0 aliphatic rings. The summed E-state index contributed by atoms with van der Waals surface area (Å²) in [5, 5.41) is 8.49. The van der Waals surface area contributed by atoms with Crippen molar-refractivity contribution in [2.24, 2.45) is 7.05 Å². The van der Waals surface area contributed by atoms with E-state index in [0.29, 0.717) is 6.54 Å². The van der Waals surface area contributed by atoms with Crippen molar-refractivity contribution in [3.05, 3.63) is 46.3 Å². The van der Waals surface area contributed by atoms with Crippen LogP contribution in [-0.4, -0.2) is 29.5 Å². The van der Waals surface area contributed by atoms with E-state index in [9.17, 15) is 0 Å². The van der Waals surface area contributed by atoms with Gasteiger partial charge in [-0.2, -0.15) is 10.2 Å². The lowest BCUT2D eigenvalue weighted by molar-refractivity contribution is 0.608. The molecule has 0 saturated heterocycles. The smallest absolute Gasteiger partial charge is 0.181 e. The first-order valence-corrected chi connectivity index (χ1v) is 6.78. The Balaban J connectivity index is 1.86. The molecule has 1 aromatic carbocycles. The molecule has 0 aliphatic carbocycles. The molecule has 3 aromatic rings. The van der Waals surface area contributed by atoms with Crippen molar-refractivity contribution in [1.29, 1.82) is 0 Å². The highest BCUT2D eigenvalue weighted by Crippen LogP contribution is 2.17. The molecule has 0 fully saturated rings. The lowest BCUT2D eigenvalue weighted by Crippen LogP contribution is -2.07. The van der Waals surface area contributed by atoms with Crippen LogP contribution in [0.5, 0.6) is 0 Å². The molecule has 0 bridgehead atoms. The minimum atomic E-state index is 0.563. The van der Waals surface area contributed by atoms with Crippen LogP contribution in [0.3, 0.4) is 0 Å². The Labute approximate surface area is 123 Å². The van der Waals surface area contributed by atoms with E-state index < -0.39 is 0 Å². The Hall–Kier alpha value is -1.77. The van der Waals surface area contributed by atoms with E-state index in [-0.39, 0.29) is 0 Å². The molecule has 2 aromatic heterocycles. The van der Waals surface area contributed by atoms with Gasteiger partial charge < -0.3 is 0 Å². The molecule has 0 saturated carbocycles. The highest BCUT2D eigenvalue weighted by atomic mass is 127. The molecule has 0 spiro atoms. The van der Waals surface area contributed by atoms with Crippen LogP contribution in [0, 0.1) is 3.57 Å². The first-order chi connectivity index (χ1) is 9.22. The Kier molecular flexibility index (Phi) is 3.28. The standard InChI is InChI=1S/C12H11IN6/c1-18-11(14-7-16-18)6-19-8-15-12(17-19)9-3-2-4-10(13)5-9/h2-5,7-8H,6H2,1H3. The molecule has 0 radical (unpaired) electrons. The van der Waals surface area contributed by atoms with Crippen LogP contribution in [0.25, 0.3) is 11.4 Å². The van der Waals surface area contributed by atoms with Crippen LogP contribution in [-0.2, 0) is 13.6 Å². The third kappa shape index (κ3) is 2.65. The fourth-order valence-corrected chi connectivity index (χ4v) is 2.28. The number of nitrogens with zero attached hydrogens (tertiary/aromatic N) is 6. The van der Waals surface area contributed by atoms with Gasteiger partial charge in [0, 0.05) is 16.2 Å². The molecule has 3 rings (SSSR count). The summed E-state index contributed by atoms with van der Waals surface area (Å²) in [7, 11) is 1.86. The summed E-state index contributed by atoms with van der Waals surface area (Å²) in [6.45, 7) is 0.563. The van der Waals surface area contributed by atoms with Gasteiger partial charge in [0.05, 0.1) is 0 Å². The molecule has 19 heavy (non-hydrogen) atoms. The zero-order valence-corrected chi connectivity index (χ0v) is 12.4. The Morgan fingerprint density at radius 3 is 2.89 bits per heavy atom. The molecule has 7 heteroatoms. The van der Waals surface area contributed by atoms with Crippen LogP contribution >= 0.6 is 22.6 Å². The number of benzene rings is 1. The summed E-state index contributed by atoms with van der Waals surface area (Å²) in [5.41, 5.74) is 1.02. The maximum Gasteiger partial charge on any atom is 0.181 e. The third-order valence-electron chi connectivity index (χ3n) is 2.73. The van der Waals surface area contributed by atoms with Crippen molar-refractivity contribution in [1.82, 2.24) is 29.5 Å². The van der Waals surface area contributed by atoms with Gasteiger partial charge in [0.1, 0.15) is 25.0 Å². The quantitative estimate of drug-likeness (QED) is 0.663. The van der Waals surface area contributed by atoms with E-state index in [4.69, 9.17) is 0 Å². The van der Waals surface area contributed by atoms with E-state index in [1.165, 1.54) is 9.90 Å². The van der Waals surface area contributed by atoms with Crippen molar-refractivity contribution >= 4 is 22.6 Å². The molecule has 0 N–H and O–H groups in total. The summed E-state index contributed by atoms with van der Waals surface area (Å²) >= 11 is 2.28. The summed E-state index contributed by atoms with van der Waals surface area (Å²) < 4.78 is 4.66. The number of halogens is 1. The van der Waals surface area contributed by atoms with E-state index >= 15 is 0 Å². The second-order valence-corrected chi connectivity index (χ2v) is 5.32. The summed E-state index contributed by atoms with van der Waals surface area (Å²) in [4.78, 5) is 8.50. The van der Waals surface area contributed by atoms with Crippen molar-refractivity contribution in [3.8, 4) is 11.4 Å². The van der Waals surface area contributed by atoms with Gasteiger partial charge in [0.15, 0.2) is 5.82 Å². The van der Waals surface area contributed by atoms with E-state index in [0.717, 1.165) is 17.2 Å². The molecule has 0 aliphatic heterocycles. The van der Waals surface area contributed by atoms with Gasteiger partial charge >= 0.3 is 0 Å². The average molecular weight is 366 g/mol. The predicted octanol–water partition coefficient (Wildman–Crippen LogP) is 1.73. The summed E-state index contributed by atoms with van der Waals surface area (Å²) in [5.74, 6) is 1.57. The molecule has 0 amide bonds. The number of aromatic nitrogens is 6. The molecule has 6 nitrogen and oxygen atoms in total. The predicted molar refractivity (Wildman–Crippen MR) is 78.3 cm³/mol. The van der Waals surface area contributed by atoms with Gasteiger partial charge in [-0.15, -0.1) is 0 Å². The molecular formula is C12H11IN6. The van der Waals surface area contributed by atoms with Crippen LogP contribution in [0.2, 0.25) is 0 Å². The summed E-state index contributed by atoms with van der Waals surface area (Å²) in [6, 6.07) is 8.10. The fraction of sp³-hybridized carbons (Fsp3) is 0.167. The topological polar surface area (TPSA) is 61.4 Å². The highest BCUT2D eigenvalue weighted by molar-refractivity contribution is 14.1. The van der Waals surface area contributed by atoms with E-state index in [2.05, 4.69) is 48.8 Å². The molecular weight excluding hydrogens is 355 g/mol. The number of hydrogen-bond donors (Lipinski definition) is 0. The van der Waals surface area contributed by atoms with Gasteiger partial charge in [0.25, 0.3) is 0 Å². The highest BCUT2D eigenvalue weighted by Gasteiger charge is 2.07. The zero-order chi connectivity index (χ0) is 13.2. The fourth-order valence-electron chi connectivity index (χ4n) is 1.74. The third-order valence-corrected chi connectivity index (χ3v) is 3.40. The van der Waals surface area contributed by atoms with Crippen molar-refractivity contribution in [2.45, 2.75) is 6.54 Å². The van der Waals surface area contributed by atoms with Crippen LogP contribution in [0.4, 0.5) is 0 Å². The lowest BCUT2D eigenvalue weighted by Gasteiger charge is -1.99. The largest absolute Gasteiger partial charge is 0.251 e. The van der Waals surface area contributed by atoms with Crippen molar-refractivity contribution in [3.63, 3.8) is 0 Å². The first-order valence-electron chi connectivity index (χ1n) is 5.70. The molecule has 0 atom stereocenters. The molecule has 96 valence electrons. The van der Waals surface area contributed by atoms with Crippen LogP contribution in [0.15, 0.2) is 36.9 Å². The van der Waals surface area contributed by atoms with Crippen LogP contribution < -0.4 is 0 Å². The van der Waals surface area contributed by atoms with Crippen molar-refractivity contribution < 1.29 is 0 Å². The molecule has 2 heterocycles. The van der Waals surface area contributed by atoms with Gasteiger partial charge in [0.2, 0.25) is 0 Å². The molecule has 0 unspecified atom stereocenters. The average Bonchev–Trinajstić information content (AvgIpc) is 3.00. The second kappa shape index (κ2) is 5.08. The van der Waals surface area contributed by atoms with Crippen molar-refractivity contribution in [2.75, 3.05) is 0 Å². The van der Waals surface area contributed by atoms with Gasteiger partial charge in [-0.3, -0.25) is 4.68 Å². The Morgan fingerprint density at radius 1 is 1.26 bits per heavy atom. The monoisotopic (exact) mass is 366 g/mol. The minimum absolute atomic E-state index is 0.563. The van der Waals surface area contributed by atoms with Gasteiger partial charge in [-0.25, -0.2) is 14.6 Å². The first kappa shape index (κ1) is 12.3. The number of hydrogen-bond acceptors (Lipinski definition) is 4. The summed E-state index contributed by atoms with van der Waals surface area (Å²) in [6.07, 6.45) is 3.25. The second-order valence-electron chi connectivity index (χ2n) is 4.08.